The zero-order valence-electron chi connectivity index (χ0n) is 3.72. The van der Waals surface area contributed by atoms with E-state index in [0.717, 1.165) is 0 Å². The van der Waals surface area contributed by atoms with Crippen LogP contribution in [0.2, 0.25) is 0 Å². The van der Waals surface area contributed by atoms with E-state index in [1.807, 2.05) is 0 Å². The molecule has 0 aliphatic carbocycles. The van der Waals surface area contributed by atoms with Crippen LogP contribution in [0.4, 0.5) is 0 Å². The van der Waals surface area contributed by atoms with E-state index in [-0.39, 0.29) is 29.2 Å². The van der Waals surface area contributed by atoms with E-state index < -0.39 is 0 Å². The summed E-state index contributed by atoms with van der Waals surface area (Å²) in [5.74, 6) is 0. The van der Waals surface area contributed by atoms with E-state index >= 15 is 0 Å². The first-order valence-corrected chi connectivity index (χ1v) is 0.667. The molecule has 6 heteroatoms. The Kier molecular flexibility index (Phi) is 1070. The topological polar surface area (TPSA) is 87.0 Å². The molecular formula is H7B2MgN3. The third kappa shape index (κ3) is 113. The minimum absolute atomic E-state index is 0. The van der Waals surface area contributed by atoms with Crippen molar-refractivity contribution in [2.45, 2.75) is 0 Å². The van der Waals surface area contributed by atoms with Gasteiger partial charge >= 0.3 is 23.1 Å². The molecule has 0 atom stereocenters. The standard InChI is InChI=1S/2BH2N.Mg.H3N/c2*1-2;;/h2*2H2;;1H3/q2*-1;+2;. The first kappa shape index (κ1) is 29.3. The van der Waals surface area contributed by atoms with Gasteiger partial charge in [0.15, 0.2) is 0 Å². The van der Waals surface area contributed by atoms with Crippen molar-refractivity contribution in [3.8, 4) is 0 Å². The molecule has 0 aromatic heterocycles. The third-order valence-corrected chi connectivity index (χ3v) is 0. The maximum absolute atomic E-state index is 4.00. The number of hydrogen-bond donors (Lipinski definition) is 3. The van der Waals surface area contributed by atoms with Gasteiger partial charge in [0.2, 0.25) is 0 Å². The molecule has 6 heavy (non-hydrogen) atoms. The summed E-state index contributed by atoms with van der Waals surface area (Å²) in [6.07, 6.45) is 0. The summed E-state index contributed by atoms with van der Waals surface area (Å²) in [6.45, 7) is 0. The van der Waals surface area contributed by atoms with Gasteiger partial charge in [-0.1, -0.05) is 0 Å². The van der Waals surface area contributed by atoms with Gasteiger partial charge in [0.05, 0.1) is 0 Å². The maximum atomic E-state index is 4.00. The van der Waals surface area contributed by atoms with E-state index in [4.69, 9.17) is 0 Å². The van der Waals surface area contributed by atoms with Crippen LogP contribution in [0, 0.1) is 0 Å². The summed E-state index contributed by atoms with van der Waals surface area (Å²) in [5, 5.41) is 0. The van der Waals surface area contributed by atoms with Gasteiger partial charge in [-0.2, -0.15) is 0 Å². The van der Waals surface area contributed by atoms with Crippen molar-refractivity contribution < 1.29 is 0 Å². The minimum atomic E-state index is 0. The minimum Gasteiger partial charge on any atom is -0.605 e. The fourth-order valence-electron chi connectivity index (χ4n) is 0. The summed E-state index contributed by atoms with van der Waals surface area (Å²) in [7, 11) is 8.00. The molecule has 0 bridgehead atoms. The van der Waals surface area contributed by atoms with Crippen LogP contribution in [-0.4, -0.2) is 39.0 Å². The van der Waals surface area contributed by atoms with Crippen LogP contribution in [0.1, 0.15) is 0 Å². The summed E-state index contributed by atoms with van der Waals surface area (Å²) >= 11 is 0. The summed E-state index contributed by atoms with van der Waals surface area (Å²) < 4.78 is 0. The van der Waals surface area contributed by atoms with Gasteiger partial charge in [-0.05, 0) is 0 Å². The fraction of sp³-hybridized carbons (Fsp3) is 0. The summed E-state index contributed by atoms with van der Waals surface area (Å²) in [5.41, 5.74) is 8.00. The third-order valence-electron chi connectivity index (χ3n) is 0. The predicted octanol–water partition coefficient (Wildman–Crippen LogP) is -2.16. The molecule has 0 fully saturated rings. The number of nitrogens with two attached hydrogens (primary N) is 2. The molecule has 6 radical (unpaired) electrons. The van der Waals surface area contributed by atoms with Crippen LogP contribution >= 0.6 is 0 Å². The SMILES string of the molecule is N.[B-]N.[B-]N.[Mg+2]. The van der Waals surface area contributed by atoms with Gasteiger partial charge in [-0.15, -0.1) is 0 Å². The van der Waals surface area contributed by atoms with Gasteiger partial charge in [-0.3, -0.25) is 0 Å². The van der Waals surface area contributed by atoms with Crippen LogP contribution in [0.5, 0.6) is 0 Å². The molecular weight excluding hydrogens is 87.9 g/mol. The number of hydrogen-bond acceptors (Lipinski definition) is 3. The fourth-order valence-corrected chi connectivity index (χ4v) is 0. The van der Waals surface area contributed by atoms with E-state index in [0.29, 0.717) is 0 Å². The molecule has 0 spiro atoms. The molecule has 0 aliphatic heterocycles. The van der Waals surface area contributed by atoms with E-state index in [2.05, 4.69) is 27.3 Å². The second-order valence-electron chi connectivity index (χ2n) is 0. The maximum Gasteiger partial charge on any atom is 2.00 e. The van der Waals surface area contributed by atoms with Crippen LogP contribution in [0.3, 0.4) is 0 Å². The molecule has 0 unspecified atom stereocenters. The molecule has 3 nitrogen and oxygen atoms in total. The number of rotatable bonds is 0. The summed E-state index contributed by atoms with van der Waals surface area (Å²) in [4.78, 5) is 0. The van der Waals surface area contributed by atoms with Crippen molar-refractivity contribution in [1.82, 2.24) is 6.15 Å². The zero-order chi connectivity index (χ0) is 4.00. The van der Waals surface area contributed by atoms with Crippen molar-refractivity contribution in [3.63, 3.8) is 0 Å². The van der Waals surface area contributed by atoms with Crippen molar-refractivity contribution in [3.05, 3.63) is 0 Å². The monoisotopic (exact) mass is 95.1 g/mol. The van der Waals surface area contributed by atoms with E-state index in [1.54, 1.807) is 0 Å². The Morgan fingerprint density at radius 3 is 0.833 bits per heavy atom. The van der Waals surface area contributed by atoms with E-state index in [9.17, 15) is 0 Å². The first-order chi connectivity index (χ1) is 2.00. The van der Waals surface area contributed by atoms with Crippen LogP contribution in [0.15, 0.2) is 0 Å². The smallest absolute Gasteiger partial charge is 0.605 e. The molecule has 0 aromatic carbocycles. The summed E-state index contributed by atoms with van der Waals surface area (Å²) in [6, 6.07) is 0. The molecule has 0 saturated carbocycles. The van der Waals surface area contributed by atoms with E-state index in [1.165, 1.54) is 0 Å². The molecule has 0 aromatic rings. The van der Waals surface area contributed by atoms with Crippen LogP contribution in [-0.2, 0) is 0 Å². The largest absolute Gasteiger partial charge is 2.00 e. The average Bonchev–Trinajstić information content (AvgIpc) is 1.50. The Morgan fingerprint density at radius 2 is 0.833 bits per heavy atom. The Labute approximate surface area is 56.8 Å². The molecule has 0 amide bonds. The van der Waals surface area contributed by atoms with Crippen molar-refractivity contribution >= 4 is 39.0 Å². The Hall–Kier alpha value is 0.776. The molecule has 0 rings (SSSR count). The molecule has 30 valence electrons. The van der Waals surface area contributed by atoms with Gasteiger partial charge in [0, 0.05) is 0 Å². The van der Waals surface area contributed by atoms with Gasteiger partial charge in [-0.25, -0.2) is 0 Å². The molecule has 0 heterocycles. The second-order valence-corrected chi connectivity index (χ2v) is 0. The van der Waals surface area contributed by atoms with Gasteiger partial charge in [0.25, 0.3) is 0 Å². The van der Waals surface area contributed by atoms with Crippen LogP contribution in [0.25, 0.3) is 0 Å². The Balaban J connectivity index is -0.00000000500. The van der Waals surface area contributed by atoms with Crippen molar-refractivity contribution in [2.24, 2.45) is 11.3 Å². The van der Waals surface area contributed by atoms with Crippen molar-refractivity contribution in [2.75, 3.05) is 0 Å². The normalized spacial score (nSPS) is 2.00. The van der Waals surface area contributed by atoms with Gasteiger partial charge in [0.1, 0.15) is 0 Å². The zero-order valence-corrected chi connectivity index (χ0v) is 5.14. The molecule has 0 saturated heterocycles. The van der Waals surface area contributed by atoms with Gasteiger partial charge < -0.3 is 33.4 Å². The quantitative estimate of drug-likeness (QED) is 0.299. The van der Waals surface area contributed by atoms with Crippen molar-refractivity contribution in [1.29, 1.82) is 0 Å². The molecule has 7 N–H and O–H groups in total. The second kappa shape index (κ2) is 219. The van der Waals surface area contributed by atoms with Crippen LogP contribution < -0.4 is 17.4 Å². The predicted molar refractivity (Wildman–Crippen MR) is 30.7 cm³/mol. The Morgan fingerprint density at radius 1 is 0.833 bits per heavy atom. The Bertz CT molecular complexity index is 8.75. The molecule has 0 aliphatic rings. The average molecular weight is 95.0 g/mol. The first-order valence-electron chi connectivity index (χ1n) is 0.667.